The minimum absolute atomic E-state index is 0.0662. The molecule has 0 heterocycles. The molecule has 0 saturated heterocycles. The maximum atomic E-state index is 11.7. The molecule has 0 aliphatic rings. The van der Waals surface area contributed by atoms with Crippen molar-refractivity contribution in [1.29, 1.82) is 0 Å². The lowest BCUT2D eigenvalue weighted by molar-refractivity contribution is 0.0930. The summed E-state index contributed by atoms with van der Waals surface area (Å²) in [5.41, 5.74) is 6.83. The summed E-state index contributed by atoms with van der Waals surface area (Å²) < 4.78 is 0. The summed E-state index contributed by atoms with van der Waals surface area (Å²) in [4.78, 5) is 11.7. The van der Waals surface area contributed by atoms with E-state index in [4.69, 9.17) is 5.73 Å². The van der Waals surface area contributed by atoms with Crippen LogP contribution in [0.3, 0.4) is 0 Å². The third-order valence-electron chi connectivity index (χ3n) is 2.51. The minimum Gasteiger partial charge on any atom is -0.399 e. The van der Waals surface area contributed by atoms with Gasteiger partial charge < -0.3 is 11.1 Å². The molecule has 0 saturated carbocycles. The van der Waals surface area contributed by atoms with Crippen molar-refractivity contribution in [3.8, 4) is 0 Å². The van der Waals surface area contributed by atoms with Crippen LogP contribution in [0.2, 0.25) is 0 Å². The molecule has 0 unspecified atom stereocenters. The number of nitrogens with two attached hydrogens (primary N) is 1. The second-order valence-electron chi connectivity index (χ2n) is 4.13. The van der Waals surface area contributed by atoms with E-state index in [2.05, 4.69) is 19.2 Å². The summed E-state index contributed by atoms with van der Waals surface area (Å²) >= 11 is 0. The molecular formula is C12H18N2O. The predicted octanol–water partition coefficient (Wildman–Crippen LogP) is 2.04. The summed E-state index contributed by atoms with van der Waals surface area (Å²) in [5, 5.41) is 2.93. The highest BCUT2D eigenvalue weighted by atomic mass is 16.1. The van der Waals surface area contributed by atoms with Crippen molar-refractivity contribution >= 4 is 11.6 Å². The Morgan fingerprint density at radius 3 is 2.53 bits per heavy atom. The van der Waals surface area contributed by atoms with Crippen LogP contribution < -0.4 is 11.1 Å². The highest BCUT2D eigenvalue weighted by molar-refractivity contribution is 5.95. The third-order valence-corrected chi connectivity index (χ3v) is 2.51. The fourth-order valence-electron chi connectivity index (χ4n) is 1.14. The Kier molecular flexibility index (Phi) is 3.72. The number of benzene rings is 1. The summed E-state index contributed by atoms with van der Waals surface area (Å²) in [7, 11) is 0. The molecule has 3 nitrogen and oxygen atoms in total. The van der Waals surface area contributed by atoms with Crippen molar-refractivity contribution in [2.75, 3.05) is 5.73 Å². The molecule has 0 bridgehead atoms. The number of carbonyl (C=O) groups excluding carboxylic acids is 1. The van der Waals surface area contributed by atoms with Crippen LogP contribution in [0.25, 0.3) is 0 Å². The van der Waals surface area contributed by atoms with Gasteiger partial charge in [0.25, 0.3) is 5.91 Å². The van der Waals surface area contributed by atoms with Crippen molar-refractivity contribution < 1.29 is 4.79 Å². The fourth-order valence-corrected chi connectivity index (χ4v) is 1.14. The average molecular weight is 206 g/mol. The van der Waals surface area contributed by atoms with Crippen LogP contribution in [0.5, 0.6) is 0 Å². The van der Waals surface area contributed by atoms with Gasteiger partial charge in [-0.2, -0.15) is 0 Å². The van der Waals surface area contributed by atoms with E-state index < -0.39 is 0 Å². The van der Waals surface area contributed by atoms with Crippen molar-refractivity contribution in [2.45, 2.75) is 26.8 Å². The summed E-state index contributed by atoms with van der Waals surface area (Å²) in [6, 6.07) is 7.16. The van der Waals surface area contributed by atoms with Crippen molar-refractivity contribution in [1.82, 2.24) is 5.32 Å². The Bertz CT molecular complexity index is 347. The smallest absolute Gasteiger partial charge is 0.251 e. The number of amides is 1. The van der Waals surface area contributed by atoms with E-state index in [0.717, 1.165) is 0 Å². The van der Waals surface area contributed by atoms with Crippen molar-refractivity contribution in [3.05, 3.63) is 29.8 Å². The Balaban J connectivity index is 2.69. The average Bonchev–Trinajstić information content (AvgIpc) is 2.17. The van der Waals surface area contributed by atoms with Gasteiger partial charge in [0.05, 0.1) is 0 Å². The molecule has 1 amide bonds. The van der Waals surface area contributed by atoms with E-state index in [9.17, 15) is 4.79 Å². The van der Waals surface area contributed by atoms with Gasteiger partial charge in [-0.3, -0.25) is 4.79 Å². The van der Waals surface area contributed by atoms with Gasteiger partial charge in [0.15, 0.2) is 0 Å². The van der Waals surface area contributed by atoms with Crippen LogP contribution in [0.1, 0.15) is 31.1 Å². The number of rotatable bonds is 3. The molecule has 0 spiro atoms. The summed E-state index contributed by atoms with van der Waals surface area (Å²) in [6.45, 7) is 6.14. The molecule has 15 heavy (non-hydrogen) atoms. The Morgan fingerprint density at radius 2 is 2.00 bits per heavy atom. The number of hydrogen-bond donors (Lipinski definition) is 2. The lowest BCUT2D eigenvalue weighted by Gasteiger charge is -2.17. The summed E-state index contributed by atoms with van der Waals surface area (Å²) in [5.74, 6) is 0.360. The summed E-state index contributed by atoms with van der Waals surface area (Å²) in [6.07, 6.45) is 0. The second-order valence-corrected chi connectivity index (χ2v) is 4.13. The lowest BCUT2D eigenvalue weighted by atomic mass is 10.1. The van der Waals surface area contributed by atoms with Crippen LogP contribution in [0.4, 0.5) is 5.69 Å². The third kappa shape index (κ3) is 3.27. The highest BCUT2D eigenvalue weighted by Crippen LogP contribution is 2.08. The number of hydrogen-bond acceptors (Lipinski definition) is 2. The van der Waals surface area contributed by atoms with Crippen molar-refractivity contribution in [3.63, 3.8) is 0 Å². The molecule has 0 aromatic heterocycles. The molecular weight excluding hydrogens is 188 g/mol. The zero-order chi connectivity index (χ0) is 11.4. The first-order valence-electron chi connectivity index (χ1n) is 5.17. The number of nitrogens with one attached hydrogen (secondary N) is 1. The number of nitrogen functional groups attached to an aromatic ring is 1. The molecule has 1 atom stereocenters. The Labute approximate surface area is 90.7 Å². The largest absolute Gasteiger partial charge is 0.399 e. The first kappa shape index (κ1) is 11.6. The Hall–Kier alpha value is -1.51. The molecule has 0 radical (unpaired) electrons. The van der Waals surface area contributed by atoms with Gasteiger partial charge >= 0.3 is 0 Å². The SMILES string of the molecule is CC(C)[C@H](C)NC(=O)c1cccc(N)c1. The maximum absolute atomic E-state index is 11.7. The quantitative estimate of drug-likeness (QED) is 0.744. The maximum Gasteiger partial charge on any atom is 0.251 e. The standard InChI is InChI=1S/C12H18N2O/c1-8(2)9(3)14-12(15)10-5-4-6-11(13)7-10/h4-9H,13H2,1-3H3,(H,14,15)/t9-/m0/s1. The van der Waals surface area contributed by atoms with Gasteiger partial charge in [-0.1, -0.05) is 19.9 Å². The van der Waals surface area contributed by atoms with Crippen LogP contribution in [-0.2, 0) is 0 Å². The first-order chi connectivity index (χ1) is 7.00. The normalized spacial score (nSPS) is 12.5. The lowest BCUT2D eigenvalue weighted by Crippen LogP contribution is -2.36. The van der Waals surface area contributed by atoms with E-state index in [1.165, 1.54) is 0 Å². The van der Waals surface area contributed by atoms with E-state index in [1.807, 2.05) is 6.92 Å². The second kappa shape index (κ2) is 4.82. The monoisotopic (exact) mass is 206 g/mol. The molecule has 3 N–H and O–H groups in total. The number of anilines is 1. The van der Waals surface area contributed by atoms with E-state index in [0.29, 0.717) is 17.2 Å². The van der Waals surface area contributed by atoms with E-state index in [1.54, 1.807) is 24.3 Å². The van der Waals surface area contributed by atoms with Crippen LogP contribution in [0.15, 0.2) is 24.3 Å². The van der Waals surface area contributed by atoms with E-state index in [-0.39, 0.29) is 11.9 Å². The van der Waals surface area contributed by atoms with E-state index >= 15 is 0 Å². The molecule has 1 aromatic carbocycles. The van der Waals surface area contributed by atoms with Crippen LogP contribution >= 0.6 is 0 Å². The van der Waals surface area contributed by atoms with Gasteiger partial charge in [0.1, 0.15) is 0 Å². The van der Waals surface area contributed by atoms with Gasteiger partial charge in [-0.15, -0.1) is 0 Å². The van der Waals surface area contributed by atoms with Gasteiger partial charge in [0, 0.05) is 17.3 Å². The first-order valence-corrected chi connectivity index (χ1v) is 5.17. The van der Waals surface area contributed by atoms with Gasteiger partial charge in [0.2, 0.25) is 0 Å². The zero-order valence-electron chi connectivity index (χ0n) is 9.45. The highest BCUT2D eigenvalue weighted by Gasteiger charge is 2.12. The topological polar surface area (TPSA) is 55.1 Å². The Morgan fingerprint density at radius 1 is 1.33 bits per heavy atom. The molecule has 82 valence electrons. The zero-order valence-corrected chi connectivity index (χ0v) is 9.45. The fraction of sp³-hybridized carbons (Fsp3) is 0.417. The number of carbonyl (C=O) groups is 1. The minimum atomic E-state index is -0.0662. The molecule has 1 aromatic rings. The van der Waals surface area contributed by atoms with Gasteiger partial charge in [-0.25, -0.2) is 0 Å². The molecule has 0 fully saturated rings. The molecule has 0 aliphatic heterocycles. The van der Waals surface area contributed by atoms with Crippen LogP contribution in [-0.4, -0.2) is 11.9 Å². The van der Waals surface area contributed by atoms with Crippen LogP contribution in [0, 0.1) is 5.92 Å². The molecule has 1 rings (SSSR count). The van der Waals surface area contributed by atoms with Crippen molar-refractivity contribution in [2.24, 2.45) is 5.92 Å². The molecule has 3 heteroatoms. The predicted molar refractivity (Wildman–Crippen MR) is 62.6 cm³/mol. The molecule has 0 aliphatic carbocycles. The van der Waals surface area contributed by atoms with Gasteiger partial charge in [-0.05, 0) is 31.0 Å².